The monoisotopic (exact) mass is 386 g/mol. The number of hydrogen-bond acceptors (Lipinski definition) is 5. The van der Waals surface area contributed by atoms with Crippen molar-refractivity contribution in [2.45, 2.75) is 50.7 Å². The van der Waals surface area contributed by atoms with Gasteiger partial charge in [0.1, 0.15) is 0 Å². The summed E-state index contributed by atoms with van der Waals surface area (Å²) in [5, 5.41) is 15.5. The summed E-state index contributed by atoms with van der Waals surface area (Å²) >= 11 is 0. The highest BCUT2D eigenvalue weighted by Gasteiger charge is 2.60. The molecule has 0 saturated heterocycles. The van der Waals surface area contributed by atoms with Crippen molar-refractivity contribution in [3.05, 3.63) is 35.9 Å². The highest BCUT2D eigenvalue weighted by molar-refractivity contribution is 5.95. The molecule has 3 amide bonds. The number of nitrogens with one attached hydrogen (secondary N) is 2. The average molecular weight is 386 g/mol. The molecule has 7 nitrogen and oxygen atoms in total. The second kappa shape index (κ2) is 7.20. The van der Waals surface area contributed by atoms with Crippen LogP contribution < -0.4 is 10.6 Å². The second-order valence-electron chi connectivity index (χ2n) is 8.76. The second-order valence-corrected chi connectivity index (χ2v) is 8.76. The van der Waals surface area contributed by atoms with E-state index in [1.54, 1.807) is 0 Å². The van der Waals surface area contributed by atoms with Crippen LogP contribution in [-0.2, 0) is 20.9 Å². The van der Waals surface area contributed by atoms with Crippen molar-refractivity contribution in [2.24, 2.45) is 17.3 Å². The third-order valence-corrected chi connectivity index (χ3v) is 6.35. The molecule has 7 heteroatoms. The van der Waals surface area contributed by atoms with E-state index < -0.39 is 35.5 Å². The predicted molar refractivity (Wildman–Crippen MR) is 99.8 cm³/mol. The Kier molecular flexibility index (Phi) is 4.87. The van der Waals surface area contributed by atoms with Crippen molar-refractivity contribution >= 4 is 17.9 Å². The topological polar surface area (TPSA) is 105 Å². The summed E-state index contributed by atoms with van der Waals surface area (Å²) in [7, 11) is 0. The van der Waals surface area contributed by atoms with Crippen LogP contribution in [0.5, 0.6) is 0 Å². The number of hydrogen-bond donors (Lipinski definition) is 3. The maximum absolute atomic E-state index is 12.7. The molecule has 3 N–H and O–H groups in total. The fourth-order valence-electron chi connectivity index (χ4n) is 5.72. The lowest BCUT2D eigenvalue weighted by molar-refractivity contribution is -0.196. The minimum absolute atomic E-state index is 0.296. The highest BCUT2D eigenvalue weighted by atomic mass is 16.5. The Labute approximate surface area is 163 Å². The Morgan fingerprint density at radius 3 is 2.39 bits per heavy atom. The first-order valence-corrected chi connectivity index (χ1v) is 9.87. The molecule has 4 aliphatic carbocycles. The quantitative estimate of drug-likeness (QED) is 0.671. The number of esters is 1. The van der Waals surface area contributed by atoms with Crippen LogP contribution >= 0.6 is 0 Å². The van der Waals surface area contributed by atoms with Gasteiger partial charge in [0.2, 0.25) is 0 Å². The first-order chi connectivity index (χ1) is 13.4. The Bertz CT molecular complexity index is 764. The van der Waals surface area contributed by atoms with Gasteiger partial charge in [0.05, 0.1) is 11.0 Å². The van der Waals surface area contributed by atoms with Crippen LogP contribution in [-0.4, -0.2) is 35.2 Å². The SMILES string of the molecule is O=C(COC(=O)C12C[C@@H]3C[C@@H](CC(O)(C3)C1)C2)NC(=O)NCc1ccccc1. The molecule has 4 aliphatic rings. The summed E-state index contributed by atoms with van der Waals surface area (Å²) in [6.07, 6.45) is 4.47. The van der Waals surface area contributed by atoms with Gasteiger partial charge in [0, 0.05) is 6.54 Å². The molecule has 28 heavy (non-hydrogen) atoms. The van der Waals surface area contributed by atoms with Crippen LogP contribution in [0.15, 0.2) is 30.3 Å². The van der Waals surface area contributed by atoms with Crippen LogP contribution in [0, 0.1) is 17.3 Å². The van der Waals surface area contributed by atoms with E-state index in [0.29, 0.717) is 24.8 Å². The zero-order chi connectivity index (χ0) is 19.8. The van der Waals surface area contributed by atoms with Gasteiger partial charge in [-0.2, -0.15) is 0 Å². The van der Waals surface area contributed by atoms with Crippen molar-refractivity contribution in [3.63, 3.8) is 0 Å². The number of ether oxygens (including phenoxy) is 1. The van der Waals surface area contributed by atoms with Gasteiger partial charge in [-0.25, -0.2) is 4.79 Å². The molecular formula is C21H26N2O5. The summed E-state index contributed by atoms with van der Waals surface area (Å²) < 4.78 is 5.26. The van der Waals surface area contributed by atoms with E-state index in [2.05, 4.69) is 10.6 Å². The van der Waals surface area contributed by atoms with E-state index in [1.165, 1.54) is 0 Å². The maximum atomic E-state index is 12.7. The van der Waals surface area contributed by atoms with E-state index in [9.17, 15) is 19.5 Å². The van der Waals surface area contributed by atoms with Crippen LogP contribution in [0.2, 0.25) is 0 Å². The minimum Gasteiger partial charge on any atom is -0.455 e. The molecule has 4 bridgehead atoms. The first-order valence-electron chi connectivity index (χ1n) is 9.87. The summed E-state index contributed by atoms with van der Waals surface area (Å²) in [5.41, 5.74) is -0.520. The number of aliphatic hydroxyl groups is 1. The van der Waals surface area contributed by atoms with Gasteiger partial charge in [0.15, 0.2) is 6.61 Å². The van der Waals surface area contributed by atoms with Crippen molar-refractivity contribution in [2.75, 3.05) is 6.61 Å². The minimum atomic E-state index is -0.761. The predicted octanol–water partition coefficient (Wildman–Crippen LogP) is 1.89. The molecule has 4 atom stereocenters. The van der Waals surface area contributed by atoms with Gasteiger partial charge in [0.25, 0.3) is 5.91 Å². The molecule has 4 saturated carbocycles. The summed E-state index contributed by atoms with van der Waals surface area (Å²) in [4.78, 5) is 36.5. The third-order valence-electron chi connectivity index (χ3n) is 6.35. The lowest BCUT2D eigenvalue weighted by Crippen LogP contribution is -2.58. The Hall–Kier alpha value is -2.41. The lowest BCUT2D eigenvalue weighted by Gasteiger charge is -2.58. The third kappa shape index (κ3) is 3.90. The first kappa shape index (κ1) is 18.9. The largest absolute Gasteiger partial charge is 0.455 e. The average Bonchev–Trinajstić information content (AvgIpc) is 2.63. The summed E-state index contributed by atoms with van der Waals surface area (Å²) in [6.45, 7) is -0.197. The number of carbonyl (C=O) groups is 3. The molecule has 1 aromatic rings. The molecule has 5 rings (SSSR count). The van der Waals surface area contributed by atoms with Crippen molar-refractivity contribution < 1.29 is 24.2 Å². The molecule has 0 radical (unpaired) electrons. The van der Waals surface area contributed by atoms with Crippen molar-refractivity contribution in [1.82, 2.24) is 10.6 Å². The smallest absolute Gasteiger partial charge is 0.321 e. The number of amides is 3. The van der Waals surface area contributed by atoms with Gasteiger partial charge in [-0.15, -0.1) is 0 Å². The maximum Gasteiger partial charge on any atom is 0.321 e. The summed E-state index contributed by atoms with van der Waals surface area (Å²) in [5.74, 6) is -0.366. The number of rotatable bonds is 5. The molecule has 0 aromatic heterocycles. The van der Waals surface area contributed by atoms with Crippen LogP contribution in [0.25, 0.3) is 0 Å². The van der Waals surface area contributed by atoms with Gasteiger partial charge in [-0.3, -0.25) is 14.9 Å². The lowest BCUT2D eigenvalue weighted by atomic mass is 9.48. The zero-order valence-electron chi connectivity index (χ0n) is 15.8. The number of benzene rings is 1. The van der Waals surface area contributed by atoms with Gasteiger partial charge >= 0.3 is 12.0 Å². The zero-order valence-corrected chi connectivity index (χ0v) is 15.8. The van der Waals surface area contributed by atoms with E-state index in [1.807, 2.05) is 30.3 Å². The van der Waals surface area contributed by atoms with E-state index in [0.717, 1.165) is 37.7 Å². The fourth-order valence-corrected chi connectivity index (χ4v) is 5.72. The van der Waals surface area contributed by atoms with Crippen molar-refractivity contribution in [1.29, 1.82) is 0 Å². The van der Waals surface area contributed by atoms with Crippen LogP contribution in [0.4, 0.5) is 4.79 Å². The van der Waals surface area contributed by atoms with Gasteiger partial charge in [-0.05, 0) is 55.9 Å². The molecular weight excluding hydrogens is 360 g/mol. The van der Waals surface area contributed by atoms with Crippen LogP contribution in [0.1, 0.15) is 44.1 Å². The van der Waals surface area contributed by atoms with E-state index >= 15 is 0 Å². The molecule has 2 unspecified atom stereocenters. The number of urea groups is 1. The highest BCUT2D eigenvalue weighted by Crippen LogP contribution is 2.61. The Balaban J connectivity index is 1.24. The fraction of sp³-hybridized carbons (Fsp3) is 0.571. The van der Waals surface area contributed by atoms with Gasteiger partial charge < -0.3 is 15.2 Å². The molecule has 1 aromatic carbocycles. The molecule has 4 fully saturated rings. The number of imide groups is 1. The molecule has 0 spiro atoms. The van der Waals surface area contributed by atoms with Crippen molar-refractivity contribution in [3.8, 4) is 0 Å². The number of carbonyl (C=O) groups excluding carboxylic acids is 3. The summed E-state index contributed by atoms with van der Waals surface area (Å²) in [6, 6.07) is 8.70. The Morgan fingerprint density at radius 1 is 1.07 bits per heavy atom. The van der Waals surface area contributed by atoms with E-state index in [4.69, 9.17) is 4.74 Å². The Morgan fingerprint density at radius 2 is 1.75 bits per heavy atom. The molecule has 0 heterocycles. The van der Waals surface area contributed by atoms with Crippen LogP contribution in [0.3, 0.4) is 0 Å². The van der Waals surface area contributed by atoms with E-state index in [-0.39, 0.29) is 0 Å². The molecule has 0 aliphatic heterocycles. The van der Waals surface area contributed by atoms with Gasteiger partial charge in [-0.1, -0.05) is 30.3 Å². The molecule has 150 valence electrons. The normalized spacial score (nSPS) is 32.6. The standard InChI is InChI=1S/C21H26N2O5/c24-17(23-19(26)22-11-14-4-2-1-3-5-14)12-28-18(25)20-7-15-6-16(8-20)10-21(27,9-15)13-20/h1-5,15-16,27H,6-13H2,(H2,22,23,24,26)/t15-,16+,20?,21?.